The molecule has 3 N–H and O–H groups in total. The van der Waals surface area contributed by atoms with Crippen molar-refractivity contribution in [3.8, 4) is 0 Å². The van der Waals surface area contributed by atoms with Gasteiger partial charge in [-0.05, 0) is 18.2 Å². The van der Waals surface area contributed by atoms with E-state index in [-0.39, 0.29) is 15.6 Å². The summed E-state index contributed by atoms with van der Waals surface area (Å²) in [5.41, 5.74) is 0.645. The normalized spacial score (nSPS) is 11.3. The third-order valence-electron chi connectivity index (χ3n) is 2.48. The lowest BCUT2D eigenvalue weighted by Gasteiger charge is -2.07. The summed E-state index contributed by atoms with van der Waals surface area (Å²) in [7, 11) is -2.14. The third kappa shape index (κ3) is 3.16. The van der Waals surface area contributed by atoms with Crippen LogP contribution in [-0.2, 0) is 17.1 Å². The number of nitrogens with one attached hydrogen (secondary N) is 1. The molecule has 1 aromatic heterocycles. The van der Waals surface area contributed by atoms with Crippen molar-refractivity contribution in [2.75, 3.05) is 5.32 Å². The highest BCUT2D eigenvalue weighted by Gasteiger charge is 2.13. The van der Waals surface area contributed by atoms with E-state index < -0.39 is 15.9 Å². The molecule has 7 nitrogen and oxygen atoms in total. The zero-order valence-corrected chi connectivity index (χ0v) is 11.9. The van der Waals surface area contributed by atoms with Gasteiger partial charge in [0, 0.05) is 13.2 Å². The minimum Gasteiger partial charge on any atom is -0.321 e. The van der Waals surface area contributed by atoms with Crippen LogP contribution in [0.4, 0.5) is 5.69 Å². The molecule has 9 heteroatoms. The van der Waals surface area contributed by atoms with Crippen LogP contribution in [0.15, 0.2) is 35.5 Å². The van der Waals surface area contributed by atoms with Gasteiger partial charge in [-0.1, -0.05) is 11.6 Å². The molecule has 0 atom stereocenters. The lowest BCUT2D eigenvalue weighted by Crippen LogP contribution is -2.14. The van der Waals surface area contributed by atoms with Crippen LogP contribution in [0.2, 0.25) is 5.02 Å². The predicted octanol–water partition coefficient (Wildman–Crippen LogP) is 0.973. The Balaban J connectivity index is 2.25. The van der Waals surface area contributed by atoms with E-state index in [4.69, 9.17) is 16.7 Å². The Morgan fingerprint density at radius 1 is 1.45 bits per heavy atom. The molecule has 0 unspecified atom stereocenters. The molecule has 0 saturated heterocycles. The standard InChI is InChI=1S/C11H11ClN4O3S/c1-16-6-7(5-14-16)11(17)15-10-3-2-8(4-9(10)12)20(13,18)19/h2-6H,1H3,(H,15,17)(H2,13,18,19). The Kier molecular flexibility index (Phi) is 3.80. The van der Waals surface area contributed by atoms with Crippen LogP contribution in [0.25, 0.3) is 0 Å². The Bertz CT molecular complexity index is 770. The number of rotatable bonds is 3. The largest absolute Gasteiger partial charge is 0.321 e. The van der Waals surface area contributed by atoms with E-state index in [0.29, 0.717) is 5.56 Å². The number of nitrogens with two attached hydrogens (primary N) is 1. The fourth-order valence-corrected chi connectivity index (χ4v) is 2.34. The van der Waals surface area contributed by atoms with E-state index in [2.05, 4.69) is 10.4 Å². The lowest BCUT2D eigenvalue weighted by molar-refractivity contribution is 0.102. The predicted molar refractivity (Wildman–Crippen MR) is 74.0 cm³/mol. The molecule has 0 aliphatic carbocycles. The van der Waals surface area contributed by atoms with Crippen molar-refractivity contribution >= 4 is 33.2 Å². The lowest BCUT2D eigenvalue weighted by atomic mass is 10.3. The van der Waals surface area contributed by atoms with Crippen molar-refractivity contribution in [1.82, 2.24) is 9.78 Å². The van der Waals surface area contributed by atoms with Gasteiger partial charge in [0.05, 0.1) is 27.4 Å². The Labute approximate surface area is 120 Å². The molecule has 0 spiro atoms. The van der Waals surface area contributed by atoms with Gasteiger partial charge in [-0.15, -0.1) is 0 Å². The molecule has 1 heterocycles. The second kappa shape index (κ2) is 5.23. The van der Waals surface area contributed by atoms with Gasteiger partial charge in [0.15, 0.2) is 0 Å². The van der Waals surface area contributed by atoms with E-state index in [9.17, 15) is 13.2 Å². The first-order valence-corrected chi connectivity index (χ1v) is 7.32. The maximum Gasteiger partial charge on any atom is 0.258 e. The molecule has 2 rings (SSSR count). The van der Waals surface area contributed by atoms with Gasteiger partial charge in [0.2, 0.25) is 10.0 Å². The Morgan fingerprint density at radius 3 is 2.65 bits per heavy atom. The van der Waals surface area contributed by atoms with Crippen LogP contribution in [0, 0.1) is 0 Å². The number of primary sulfonamides is 1. The van der Waals surface area contributed by atoms with Crippen LogP contribution >= 0.6 is 11.6 Å². The molecule has 2 aromatic rings. The molecule has 1 aromatic carbocycles. The van der Waals surface area contributed by atoms with E-state index in [1.54, 1.807) is 13.2 Å². The van der Waals surface area contributed by atoms with Crippen molar-refractivity contribution in [3.63, 3.8) is 0 Å². The van der Waals surface area contributed by atoms with Gasteiger partial charge in [-0.3, -0.25) is 9.48 Å². The molecule has 0 aliphatic rings. The van der Waals surface area contributed by atoms with Crippen LogP contribution in [0.5, 0.6) is 0 Å². The molecule has 0 bridgehead atoms. The summed E-state index contributed by atoms with van der Waals surface area (Å²) in [5, 5.41) is 11.5. The highest BCUT2D eigenvalue weighted by Crippen LogP contribution is 2.25. The molecule has 0 aliphatic heterocycles. The van der Waals surface area contributed by atoms with Crippen molar-refractivity contribution in [1.29, 1.82) is 0 Å². The molecule has 0 saturated carbocycles. The first-order valence-electron chi connectivity index (χ1n) is 5.40. The van der Waals surface area contributed by atoms with Crippen LogP contribution in [0.3, 0.4) is 0 Å². The van der Waals surface area contributed by atoms with Crippen molar-refractivity contribution in [2.24, 2.45) is 12.2 Å². The highest BCUT2D eigenvalue weighted by atomic mass is 35.5. The zero-order valence-electron chi connectivity index (χ0n) is 10.4. The van der Waals surface area contributed by atoms with Gasteiger partial charge in [-0.2, -0.15) is 5.10 Å². The van der Waals surface area contributed by atoms with Crippen molar-refractivity contribution in [3.05, 3.63) is 41.2 Å². The molecule has 0 radical (unpaired) electrons. The number of carbonyl (C=O) groups excluding carboxylic acids is 1. The van der Waals surface area contributed by atoms with E-state index in [0.717, 1.165) is 0 Å². The fraction of sp³-hybridized carbons (Fsp3) is 0.0909. The maximum absolute atomic E-state index is 11.9. The molecule has 20 heavy (non-hydrogen) atoms. The van der Waals surface area contributed by atoms with Crippen molar-refractivity contribution in [2.45, 2.75) is 4.90 Å². The smallest absolute Gasteiger partial charge is 0.258 e. The number of aromatic nitrogens is 2. The average molecular weight is 315 g/mol. The Hall–Kier alpha value is -1.90. The number of sulfonamides is 1. The van der Waals surface area contributed by atoms with E-state index in [1.807, 2.05) is 0 Å². The number of aryl methyl sites for hydroxylation is 1. The molecular formula is C11H11ClN4O3S. The van der Waals surface area contributed by atoms with E-state index in [1.165, 1.54) is 29.1 Å². The van der Waals surface area contributed by atoms with Gasteiger partial charge in [0.25, 0.3) is 5.91 Å². The zero-order chi connectivity index (χ0) is 14.9. The maximum atomic E-state index is 11.9. The van der Waals surface area contributed by atoms with Gasteiger partial charge in [0.1, 0.15) is 0 Å². The SMILES string of the molecule is Cn1cc(C(=O)Nc2ccc(S(N)(=O)=O)cc2Cl)cn1. The molecular weight excluding hydrogens is 304 g/mol. The van der Waals surface area contributed by atoms with Gasteiger partial charge >= 0.3 is 0 Å². The number of benzene rings is 1. The average Bonchev–Trinajstić information content (AvgIpc) is 2.77. The topological polar surface area (TPSA) is 107 Å². The van der Waals surface area contributed by atoms with Crippen LogP contribution < -0.4 is 10.5 Å². The number of halogens is 1. The second-order valence-corrected chi connectivity index (χ2v) is 6.01. The number of anilines is 1. The minimum atomic E-state index is -3.83. The summed E-state index contributed by atoms with van der Waals surface area (Å²) in [6.45, 7) is 0. The third-order valence-corrected chi connectivity index (χ3v) is 3.71. The number of hydrogen-bond donors (Lipinski definition) is 2. The number of hydrogen-bond acceptors (Lipinski definition) is 4. The minimum absolute atomic E-state index is 0.0776. The number of nitrogens with zero attached hydrogens (tertiary/aromatic N) is 2. The fourth-order valence-electron chi connectivity index (χ4n) is 1.51. The van der Waals surface area contributed by atoms with E-state index >= 15 is 0 Å². The monoisotopic (exact) mass is 314 g/mol. The summed E-state index contributed by atoms with van der Waals surface area (Å²) >= 11 is 5.92. The molecule has 0 fully saturated rings. The molecule has 1 amide bonds. The quantitative estimate of drug-likeness (QED) is 0.880. The second-order valence-electron chi connectivity index (χ2n) is 4.04. The van der Waals surface area contributed by atoms with Crippen LogP contribution in [0.1, 0.15) is 10.4 Å². The first-order chi connectivity index (χ1) is 9.27. The molecule has 106 valence electrons. The Morgan fingerprint density at radius 2 is 2.15 bits per heavy atom. The summed E-state index contributed by atoms with van der Waals surface area (Å²) in [6, 6.07) is 3.81. The summed E-state index contributed by atoms with van der Waals surface area (Å²) in [6.07, 6.45) is 2.95. The summed E-state index contributed by atoms with van der Waals surface area (Å²) < 4.78 is 23.8. The van der Waals surface area contributed by atoms with Gasteiger partial charge < -0.3 is 5.32 Å². The summed E-state index contributed by atoms with van der Waals surface area (Å²) in [4.78, 5) is 11.8. The van der Waals surface area contributed by atoms with Crippen LogP contribution in [-0.4, -0.2) is 24.1 Å². The first kappa shape index (κ1) is 14.5. The number of amides is 1. The highest BCUT2D eigenvalue weighted by molar-refractivity contribution is 7.89. The number of carbonyl (C=O) groups is 1. The van der Waals surface area contributed by atoms with Gasteiger partial charge in [-0.25, -0.2) is 13.6 Å². The summed E-state index contributed by atoms with van der Waals surface area (Å²) in [5.74, 6) is -0.400. The van der Waals surface area contributed by atoms with Crippen molar-refractivity contribution < 1.29 is 13.2 Å².